The van der Waals surface area contributed by atoms with Crippen LogP contribution in [0, 0.1) is 0 Å². The average molecular weight is 265 g/mol. The van der Waals surface area contributed by atoms with Crippen molar-refractivity contribution >= 4 is 12.2 Å². The average Bonchev–Trinajstić information content (AvgIpc) is 2.88. The van der Waals surface area contributed by atoms with Crippen LogP contribution in [0.15, 0.2) is 70.0 Å². The van der Waals surface area contributed by atoms with Crippen molar-refractivity contribution < 1.29 is 9.20 Å². The Hall–Kier alpha value is -2.88. The molecule has 0 saturated heterocycles. The van der Waals surface area contributed by atoms with Gasteiger partial charge in [0.15, 0.2) is 0 Å². The van der Waals surface area contributed by atoms with Gasteiger partial charge in [-0.2, -0.15) is 0 Å². The first-order chi connectivity index (χ1) is 9.84. The van der Waals surface area contributed by atoms with E-state index in [-0.39, 0.29) is 0 Å². The lowest BCUT2D eigenvalue weighted by Crippen LogP contribution is -2.36. The first-order valence-electron chi connectivity index (χ1n) is 6.27. The van der Waals surface area contributed by atoms with Gasteiger partial charge < -0.3 is 0 Å². The Morgan fingerprint density at radius 3 is 2.25 bits per heavy atom. The maximum absolute atomic E-state index is 11.8. The minimum absolute atomic E-state index is 0.402. The molecule has 0 spiro atoms. The van der Waals surface area contributed by atoms with E-state index in [1.165, 1.54) is 0 Å². The molecule has 2 aromatic carbocycles. The number of rotatable bonds is 3. The summed E-state index contributed by atoms with van der Waals surface area (Å²) >= 11 is 0. The Morgan fingerprint density at radius 1 is 0.900 bits per heavy atom. The zero-order valence-electron chi connectivity index (χ0n) is 10.7. The lowest BCUT2D eigenvalue weighted by molar-refractivity contribution is -0.672. The quantitative estimate of drug-likeness (QED) is 0.739. The van der Waals surface area contributed by atoms with E-state index in [9.17, 15) is 4.79 Å². The normalized spacial score (nSPS) is 11.0. The fourth-order valence-electron chi connectivity index (χ4n) is 1.93. The standard InChI is InChI=1S/C16H12N2O2/c19-16-15(12-11-13-7-3-1-4-8-13)18(17-20-16)14-9-5-2-6-10-14/h1-12H/p+1/b12-11-. The Morgan fingerprint density at radius 2 is 1.55 bits per heavy atom. The van der Waals surface area contributed by atoms with E-state index >= 15 is 0 Å². The third-order valence-corrected chi connectivity index (χ3v) is 2.93. The molecular weight excluding hydrogens is 252 g/mol. The van der Waals surface area contributed by atoms with Crippen LogP contribution in [0.3, 0.4) is 0 Å². The Labute approximate surface area is 115 Å². The van der Waals surface area contributed by atoms with Crippen molar-refractivity contribution in [2.75, 3.05) is 0 Å². The number of aromatic nitrogens is 2. The molecular formula is C16H13N2O2+. The molecule has 0 amide bonds. The van der Waals surface area contributed by atoms with E-state index in [1.54, 1.807) is 10.8 Å². The van der Waals surface area contributed by atoms with Crippen LogP contribution in [0.5, 0.6) is 0 Å². The van der Waals surface area contributed by atoms with E-state index in [4.69, 9.17) is 4.52 Å². The number of para-hydroxylation sites is 1. The molecule has 20 heavy (non-hydrogen) atoms. The van der Waals surface area contributed by atoms with Crippen LogP contribution in [-0.2, 0) is 0 Å². The summed E-state index contributed by atoms with van der Waals surface area (Å²) in [4.78, 5) is 11.8. The third-order valence-electron chi connectivity index (χ3n) is 2.93. The van der Waals surface area contributed by atoms with Crippen LogP contribution in [-0.4, -0.2) is 5.27 Å². The lowest BCUT2D eigenvalue weighted by atomic mass is 10.2. The summed E-state index contributed by atoms with van der Waals surface area (Å²) in [5.74, 6) is 0. The number of benzene rings is 2. The van der Waals surface area contributed by atoms with Gasteiger partial charge in [-0.05, 0) is 21.6 Å². The molecule has 0 aliphatic carbocycles. The van der Waals surface area contributed by atoms with Crippen LogP contribution in [0.1, 0.15) is 11.3 Å². The van der Waals surface area contributed by atoms with E-state index < -0.39 is 5.63 Å². The molecule has 4 heteroatoms. The van der Waals surface area contributed by atoms with E-state index in [1.807, 2.05) is 66.7 Å². The summed E-state index contributed by atoms with van der Waals surface area (Å²) in [6.07, 6.45) is 3.62. The van der Waals surface area contributed by atoms with Crippen LogP contribution in [0.4, 0.5) is 0 Å². The Kier molecular flexibility index (Phi) is 3.29. The van der Waals surface area contributed by atoms with Gasteiger partial charge in [-0.1, -0.05) is 48.5 Å². The predicted octanol–water partition coefficient (Wildman–Crippen LogP) is 2.42. The molecule has 1 aromatic heterocycles. The summed E-state index contributed by atoms with van der Waals surface area (Å²) in [6, 6.07) is 19.3. The molecule has 4 nitrogen and oxygen atoms in total. The Bertz CT molecular complexity index is 771. The number of nitrogens with one attached hydrogen (secondary N) is 1. The lowest BCUT2D eigenvalue weighted by Gasteiger charge is -1.91. The number of aromatic amines is 1. The first-order valence-corrected chi connectivity index (χ1v) is 6.27. The SMILES string of the molecule is O=c1o[nH][n+](-c2ccccc2)c1/C=C\c1ccccc1. The summed E-state index contributed by atoms with van der Waals surface area (Å²) in [6.45, 7) is 0. The van der Waals surface area contributed by atoms with E-state index in [0.717, 1.165) is 11.3 Å². The second-order valence-corrected chi connectivity index (χ2v) is 4.28. The maximum Gasteiger partial charge on any atom is 0.435 e. The van der Waals surface area contributed by atoms with Gasteiger partial charge in [0.05, 0.1) is 0 Å². The molecule has 0 unspecified atom stereocenters. The number of hydrogen-bond acceptors (Lipinski definition) is 2. The van der Waals surface area contributed by atoms with Crippen LogP contribution < -0.4 is 10.3 Å². The summed E-state index contributed by atoms with van der Waals surface area (Å²) in [5.41, 5.74) is 1.90. The van der Waals surface area contributed by atoms with Gasteiger partial charge >= 0.3 is 11.3 Å². The maximum atomic E-state index is 11.8. The van der Waals surface area contributed by atoms with Crippen molar-refractivity contribution in [2.24, 2.45) is 0 Å². The molecule has 0 aliphatic rings. The minimum atomic E-state index is -0.402. The van der Waals surface area contributed by atoms with Crippen molar-refractivity contribution in [3.8, 4) is 5.69 Å². The highest BCUT2D eigenvalue weighted by Crippen LogP contribution is 2.04. The van der Waals surface area contributed by atoms with Crippen LogP contribution in [0.25, 0.3) is 17.8 Å². The van der Waals surface area contributed by atoms with Crippen molar-refractivity contribution in [1.82, 2.24) is 5.27 Å². The highest BCUT2D eigenvalue weighted by atomic mass is 16.5. The van der Waals surface area contributed by atoms with Gasteiger partial charge in [-0.25, -0.2) is 4.79 Å². The second-order valence-electron chi connectivity index (χ2n) is 4.28. The molecule has 98 valence electrons. The molecule has 1 heterocycles. The molecule has 3 aromatic rings. The highest BCUT2D eigenvalue weighted by molar-refractivity contribution is 5.66. The van der Waals surface area contributed by atoms with E-state index in [2.05, 4.69) is 5.27 Å². The highest BCUT2D eigenvalue weighted by Gasteiger charge is 2.19. The summed E-state index contributed by atoms with van der Waals surface area (Å²) < 4.78 is 6.48. The van der Waals surface area contributed by atoms with Crippen LogP contribution in [0.2, 0.25) is 0 Å². The van der Waals surface area contributed by atoms with Gasteiger partial charge in [0, 0.05) is 18.2 Å². The zero-order valence-corrected chi connectivity index (χ0v) is 10.7. The molecule has 0 bridgehead atoms. The second kappa shape index (κ2) is 5.40. The molecule has 1 N–H and O–H groups in total. The van der Waals surface area contributed by atoms with Gasteiger partial charge in [0.25, 0.3) is 0 Å². The molecule has 0 fully saturated rings. The van der Waals surface area contributed by atoms with Gasteiger partial charge in [0.2, 0.25) is 5.69 Å². The largest absolute Gasteiger partial charge is 0.435 e. The van der Waals surface area contributed by atoms with Crippen molar-refractivity contribution in [3.63, 3.8) is 0 Å². The minimum Gasteiger partial charge on any atom is -0.282 e. The summed E-state index contributed by atoms with van der Waals surface area (Å²) in [5, 5.41) is 2.60. The molecule has 3 rings (SSSR count). The number of H-pyrrole nitrogens is 1. The van der Waals surface area contributed by atoms with Crippen molar-refractivity contribution in [3.05, 3.63) is 82.3 Å². The van der Waals surface area contributed by atoms with Gasteiger partial charge in [0.1, 0.15) is 0 Å². The monoisotopic (exact) mass is 265 g/mol. The zero-order chi connectivity index (χ0) is 13.8. The molecule has 0 radical (unpaired) electrons. The van der Waals surface area contributed by atoms with Crippen molar-refractivity contribution in [2.45, 2.75) is 0 Å². The number of nitrogens with zero attached hydrogens (tertiary/aromatic N) is 1. The van der Waals surface area contributed by atoms with Gasteiger partial charge in [-0.15, -0.1) is 0 Å². The first kappa shape index (κ1) is 12.2. The molecule has 0 saturated carbocycles. The fraction of sp³-hybridized carbons (Fsp3) is 0. The molecule has 0 atom stereocenters. The topological polar surface area (TPSA) is 49.9 Å². The third kappa shape index (κ3) is 2.44. The van der Waals surface area contributed by atoms with Crippen molar-refractivity contribution in [1.29, 1.82) is 0 Å². The smallest absolute Gasteiger partial charge is 0.282 e. The fourth-order valence-corrected chi connectivity index (χ4v) is 1.93. The van der Waals surface area contributed by atoms with E-state index in [0.29, 0.717) is 5.69 Å². The predicted molar refractivity (Wildman–Crippen MR) is 76.2 cm³/mol. The Balaban J connectivity index is 2.01. The van der Waals surface area contributed by atoms with Crippen LogP contribution >= 0.6 is 0 Å². The summed E-state index contributed by atoms with van der Waals surface area (Å²) in [7, 11) is 0. The molecule has 0 aliphatic heterocycles. The van der Waals surface area contributed by atoms with Gasteiger partial charge in [-0.3, -0.25) is 4.52 Å². The number of hydrogen-bond donors (Lipinski definition) is 1.